The van der Waals surface area contributed by atoms with Gasteiger partial charge in [-0.15, -0.1) is 0 Å². The minimum absolute atomic E-state index is 0.153. The molecule has 1 aliphatic heterocycles. The molecule has 0 spiro atoms. The van der Waals surface area contributed by atoms with Gasteiger partial charge in [-0.1, -0.05) is 48.5 Å². The first-order valence-electron chi connectivity index (χ1n) is 12.2. The van der Waals surface area contributed by atoms with Gasteiger partial charge in [0.2, 0.25) is 0 Å². The van der Waals surface area contributed by atoms with Crippen LogP contribution in [0.4, 0.5) is 5.69 Å². The van der Waals surface area contributed by atoms with Crippen LogP contribution in [0.1, 0.15) is 41.0 Å². The maximum Gasteiger partial charge on any atom is 0.336 e. The number of rotatable bonds is 9. The summed E-state index contributed by atoms with van der Waals surface area (Å²) in [5.74, 6) is -2.53. The van der Waals surface area contributed by atoms with Crippen molar-refractivity contribution in [2.45, 2.75) is 41.0 Å². The fraction of sp³-hybridized carbons (Fsp3) is 0.345. The van der Waals surface area contributed by atoms with E-state index in [1.54, 1.807) is 34.6 Å². The first-order chi connectivity index (χ1) is 17.3. The quantitative estimate of drug-likeness (QED) is 0.342. The van der Waals surface area contributed by atoms with Crippen molar-refractivity contribution < 1.29 is 28.6 Å². The number of hydrogen-bond donors (Lipinski definition) is 0. The van der Waals surface area contributed by atoms with Gasteiger partial charge in [-0.3, -0.25) is 4.79 Å². The molecule has 0 aliphatic carbocycles. The molecule has 0 unspecified atom stereocenters. The van der Waals surface area contributed by atoms with Gasteiger partial charge in [0.05, 0.1) is 43.1 Å². The second-order valence-corrected chi connectivity index (χ2v) is 8.22. The number of nitrogens with zero attached hydrogens (tertiary/aromatic N) is 1. The highest BCUT2D eigenvalue weighted by Gasteiger charge is 2.41. The zero-order valence-electron chi connectivity index (χ0n) is 21.5. The van der Waals surface area contributed by atoms with E-state index in [1.807, 2.05) is 59.5 Å². The average molecular weight is 492 g/mol. The molecule has 36 heavy (non-hydrogen) atoms. The second kappa shape index (κ2) is 12.2. The van der Waals surface area contributed by atoms with Gasteiger partial charge >= 0.3 is 17.9 Å². The van der Waals surface area contributed by atoms with Gasteiger partial charge in [-0.2, -0.15) is 0 Å². The summed E-state index contributed by atoms with van der Waals surface area (Å²) in [5.41, 5.74) is 4.33. The van der Waals surface area contributed by atoms with Gasteiger partial charge in [-0.05, 0) is 46.2 Å². The predicted molar refractivity (Wildman–Crippen MR) is 138 cm³/mol. The molecule has 0 saturated heterocycles. The van der Waals surface area contributed by atoms with E-state index < -0.39 is 23.8 Å². The molecule has 0 radical (unpaired) electrons. The Kier molecular flexibility index (Phi) is 9.06. The molecule has 0 saturated carbocycles. The van der Waals surface area contributed by atoms with E-state index >= 15 is 0 Å². The van der Waals surface area contributed by atoms with E-state index in [1.165, 1.54) is 0 Å². The summed E-state index contributed by atoms with van der Waals surface area (Å²) in [6.07, 6.45) is -0.182. The van der Waals surface area contributed by atoms with Crippen LogP contribution in [0.3, 0.4) is 0 Å². The van der Waals surface area contributed by atoms with Crippen molar-refractivity contribution >= 4 is 23.6 Å². The molecule has 2 aromatic rings. The molecule has 0 bridgehead atoms. The monoisotopic (exact) mass is 491 g/mol. The summed E-state index contributed by atoms with van der Waals surface area (Å²) < 4.78 is 16.0. The van der Waals surface area contributed by atoms with E-state index in [-0.39, 0.29) is 37.4 Å². The molecule has 0 fully saturated rings. The second-order valence-electron chi connectivity index (χ2n) is 8.22. The van der Waals surface area contributed by atoms with Crippen LogP contribution in [0.25, 0.3) is 11.1 Å². The number of allylic oxidation sites excluding steroid dienone is 2. The molecule has 2 aromatic carbocycles. The maximum atomic E-state index is 13.3. The third-order valence-electron chi connectivity index (χ3n) is 6.04. The number of para-hydroxylation sites is 1. The molecule has 3 rings (SSSR count). The summed E-state index contributed by atoms with van der Waals surface area (Å²) in [6, 6.07) is 17.6. The first kappa shape index (κ1) is 26.7. The third kappa shape index (κ3) is 5.51. The Morgan fingerprint density at radius 2 is 1.22 bits per heavy atom. The summed E-state index contributed by atoms with van der Waals surface area (Å²) in [6.45, 7) is 9.24. The molecular formula is C29H33NO6. The largest absolute Gasteiger partial charge is 0.466 e. The Labute approximate surface area is 212 Å². The fourth-order valence-corrected chi connectivity index (χ4v) is 4.62. The van der Waals surface area contributed by atoms with Gasteiger partial charge in [-0.25, -0.2) is 9.59 Å². The van der Waals surface area contributed by atoms with Crippen molar-refractivity contribution in [3.63, 3.8) is 0 Å². The summed E-state index contributed by atoms with van der Waals surface area (Å²) in [4.78, 5) is 41.0. The van der Waals surface area contributed by atoms with Crippen LogP contribution >= 0.6 is 0 Å². The topological polar surface area (TPSA) is 82.1 Å². The standard InChI is InChI=1S/C29H33NO6/c1-6-34-25(31)18-23-26(28(32)35-7-2)19(4)30(20(5)27(23)29(33)36-8-3)24-17-13-12-16-22(24)21-14-10-9-11-15-21/h9-17,23H,6-8,18H2,1-5H3. The van der Waals surface area contributed by atoms with Gasteiger partial charge in [0.25, 0.3) is 0 Å². The summed E-state index contributed by atoms with van der Waals surface area (Å²) in [5, 5.41) is 0. The molecule has 0 N–H and O–H groups in total. The highest BCUT2D eigenvalue weighted by molar-refractivity contribution is 6.01. The molecule has 190 valence electrons. The van der Waals surface area contributed by atoms with E-state index in [0.29, 0.717) is 11.4 Å². The average Bonchev–Trinajstić information content (AvgIpc) is 2.85. The van der Waals surface area contributed by atoms with Gasteiger partial charge in [0.1, 0.15) is 0 Å². The van der Waals surface area contributed by atoms with Crippen molar-refractivity contribution in [3.8, 4) is 11.1 Å². The normalized spacial score (nSPS) is 14.1. The predicted octanol–water partition coefficient (Wildman–Crippen LogP) is 5.42. The minimum Gasteiger partial charge on any atom is -0.466 e. The Bertz CT molecular complexity index is 1140. The van der Waals surface area contributed by atoms with Crippen LogP contribution < -0.4 is 4.90 Å². The van der Waals surface area contributed by atoms with Crippen molar-refractivity contribution in [2.24, 2.45) is 5.92 Å². The van der Waals surface area contributed by atoms with Crippen LogP contribution in [-0.2, 0) is 28.6 Å². The van der Waals surface area contributed by atoms with Crippen molar-refractivity contribution in [1.82, 2.24) is 0 Å². The molecule has 1 heterocycles. The molecule has 0 amide bonds. The van der Waals surface area contributed by atoms with Crippen LogP contribution in [0.2, 0.25) is 0 Å². The number of hydrogen-bond acceptors (Lipinski definition) is 7. The minimum atomic E-state index is -0.859. The number of carbonyl (C=O) groups excluding carboxylic acids is 3. The molecule has 7 nitrogen and oxygen atoms in total. The third-order valence-corrected chi connectivity index (χ3v) is 6.04. The Morgan fingerprint density at radius 3 is 1.75 bits per heavy atom. The zero-order valence-corrected chi connectivity index (χ0v) is 21.5. The number of benzene rings is 2. The van der Waals surface area contributed by atoms with Gasteiger partial charge in [0.15, 0.2) is 0 Å². The zero-order chi connectivity index (χ0) is 26.2. The summed E-state index contributed by atoms with van der Waals surface area (Å²) >= 11 is 0. The van der Waals surface area contributed by atoms with E-state index in [9.17, 15) is 14.4 Å². The molecular weight excluding hydrogens is 458 g/mol. The van der Waals surface area contributed by atoms with Crippen molar-refractivity contribution in [1.29, 1.82) is 0 Å². The van der Waals surface area contributed by atoms with E-state index in [4.69, 9.17) is 14.2 Å². The lowest BCUT2D eigenvalue weighted by Crippen LogP contribution is -2.37. The smallest absolute Gasteiger partial charge is 0.336 e. The van der Waals surface area contributed by atoms with Crippen molar-refractivity contribution in [2.75, 3.05) is 24.7 Å². The fourth-order valence-electron chi connectivity index (χ4n) is 4.62. The van der Waals surface area contributed by atoms with Crippen LogP contribution in [0, 0.1) is 5.92 Å². The Balaban J connectivity index is 2.29. The van der Waals surface area contributed by atoms with E-state index in [0.717, 1.165) is 16.8 Å². The van der Waals surface area contributed by atoms with Crippen LogP contribution in [0.5, 0.6) is 0 Å². The number of esters is 3. The molecule has 7 heteroatoms. The Hall–Kier alpha value is -3.87. The number of anilines is 1. The van der Waals surface area contributed by atoms with Gasteiger partial charge < -0.3 is 19.1 Å². The SMILES string of the molecule is CCOC(=O)CC1C(C(=O)OCC)=C(C)N(c2ccccc2-c2ccccc2)C(C)=C1C(=O)OCC. The number of carbonyl (C=O) groups is 3. The highest BCUT2D eigenvalue weighted by atomic mass is 16.5. The maximum absolute atomic E-state index is 13.3. The lowest BCUT2D eigenvalue weighted by molar-refractivity contribution is -0.144. The highest BCUT2D eigenvalue weighted by Crippen LogP contribution is 2.44. The van der Waals surface area contributed by atoms with Crippen LogP contribution in [0.15, 0.2) is 77.1 Å². The van der Waals surface area contributed by atoms with Crippen molar-refractivity contribution in [3.05, 3.63) is 77.1 Å². The Morgan fingerprint density at radius 1 is 0.722 bits per heavy atom. The lowest BCUT2D eigenvalue weighted by Gasteiger charge is -2.38. The van der Waals surface area contributed by atoms with Gasteiger partial charge in [0, 0.05) is 22.9 Å². The first-order valence-corrected chi connectivity index (χ1v) is 12.2. The number of ether oxygens (including phenoxy) is 3. The summed E-state index contributed by atoms with van der Waals surface area (Å²) in [7, 11) is 0. The van der Waals surface area contributed by atoms with E-state index in [2.05, 4.69) is 0 Å². The molecule has 1 aliphatic rings. The lowest BCUT2D eigenvalue weighted by atomic mass is 9.81. The molecule has 0 aromatic heterocycles. The van der Waals surface area contributed by atoms with Crippen LogP contribution in [-0.4, -0.2) is 37.7 Å². The molecule has 0 atom stereocenters.